The Labute approximate surface area is 85.1 Å². The van der Waals surface area contributed by atoms with Crippen LogP contribution in [0.1, 0.15) is 10.4 Å². The third-order valence-electron chi connectivity index (χ3n) is 1.69. The van der Waals surface area contributed by atoms with Crippen molar-refractivity contribution in [2.24, 2.45) is 0 Å². The summed E-state index contributed by atoms with van der Waals surface area (Å²) in [6.07, 6.45) is 0. The zero-order chi connectivity index (χ0) is 8.43. The molecule has 0 amide bonds. The molecule has 0 N–H and O–H groups in total. The zero-order valence-corrected chi connectivity index (χ0v) is 11.5. The summed E-state index contributed by atoms with van der Waals surface area (Å²) in [5.41, 5.74) is 1.57. The van der Waals surface area contributed by atoms with E-state index in [-0.39, 0.29) is 0 Å². The Kier molecular flexibility index (Phi) is 3.67. The molecular weight excluding hydrogens is 286 g/mol. The molecule has 0 atom stereocenters. The maximum absolute atomic E-state index is 2.32. The van der Waals surface area contributed by atoms with Gasteiger partial charge in [-0.15, -0.1) is 0 Å². The van der Waals surface area contributed by atoms with E-state index in [0.717, 1.165) is 0 Å². The fourth-order valence-electron chi connectivity index (χ4n) is 0.946. The Morgan fingerprint density at radius 2 is 1.73 bits per heavy atom. The molecule has 11 heavy (non-hydrogen) atoms. The number of hydrogen-bond donors (Lipinski definition) is 0. The van der Waals surface area contributed by atoms with Crippen LogP contribution in [0, 0.1) is 13.8 Å². The molecule has 0 radical (unpaired) electrons. The van der Waals surface area contributed by atoms with Crippen molar-refractivity contribution in [2.45, 2.75) is 25.5 Å². The van der Waals surface area contributed by atoms with Crippen molar-refractivity contribution in [1.29, 1.82) is 0 Å². The van der Waals surface area contributed by atoms with Crippen LogP contribution in [0.5, 0.6) is 0 Å². The van der Waals surface area contributed by atoms with E-state index in [1.165, 1.54) is 4.88 Å². The molecule has 0 aromatic carbocycles. The van der Waals surface area contributed by atoms with E-state index in [2.05, 4.69) is 25.5 Å². The first-order valence-electron chi connectivity index (χ1n) is 3.38. The van der Waals surface area contributed by atoms with Gasteiger partial charge < -0.3 is 0 Å². The molecule has 0 nitrogen and oxygen atoms in total. The zero-order valence-electron chi connectivity index (χ0n) is 7.22. The topological polar surface area (TPSA) is 0 Å². The predicted molar refractivity (Wildman–Crippen MR) is 56.3 cm³/mol. The third kappa shape index (κ3) is 1.91. The van der Waals surface area contributed by atoms with Gasteiger partial charge in [-0.25, -0.2) is 0 Å². The molecule has 62 valence electrons. The number of aryl methyl sites for hydroxylation is 1. The van der Waals surface area contributed by atoms with Gasteiger partial charge in [0, 0.05) is 0 Å². The fraction of sp³-hybridized carbons (Fsp3) is 0.500. The van der Waals surface area contributed by atoms with E-state index in [1.807, 2.05) is 11.3 Å². The minimum atomic E-state index is 0.696. The summed E-state index contributed by atoms with van der Waals surface area (Å²) >= 11 is 3.41. The van der Waals surface area contributed by atoms with Gasteiger partial charge in [0.05, 0.1) is 0 Å². The van der Waals surface area contributed by atoms with Gasteiger partial charge in [-0.2, -0.15) is 0 Å². The monoisotopic (exact) mass is 300 g/mol. The molecule has 1 aromatic heterocycles. The molecule has 1 aromatic rings. The average molecular weight is 298 g/mol. The maximum atomic E-state index is 2.32. The van der Waals surface area contributed by atoms with Crippen molar-refractivity contribution in [3.8, 4) is 0 Å². The SMILES string of the molecule is C[Se]c1sc(C)c(C)c1[Se]C. The first-order chi connectivity index (χ1) is 5.20. The quantitative estimate of drug-likeness (QED) is 0.718. The van der Waals surface area contributed by atoms with E-state index in [1.54, 1.807) is 13.8 Å². The molecule has 0 aliphatic carbocycles. The Hall–Kier alpha value is 0.739. The number of hydrogen-bond acceptors (Lipinski definition) is 1. The van der Waals surface area contributed by atoms with E-state index < -0.39 is 0 Å². The van der Waals surface area contributed by atoms with E-state index in [0.29, 0.717) is 29.9 Å². The molecule has 0 bridgehead atoms. The second kappa shape index (κ2) is 4.11. The van der Waals surface area contributed by atoms with Crippen LogP contribution in [-0.2, 0) is 0 Å². The van der Waals surface area contributed by atoms with Crippen molar-refractivity contribution >= 4 is 49.5 Å². The van der Waals surface area contributed by atoms with Gasteiger partial charge in [-0.1, -0.05) is 0 Å². The molecule has 3 heteroatoms. The van der Waals surface area contributed by atoms with Crippen LogP contribution in [0.25, 0.3) is 0 Å². The Morgan fingerprint density at radius 1 is 1.09 bits per heavy atom. The van der Waals surface area contributed by atoms with Crippen molar-refractivity contribution in [2.75, 3.05) is 0 Å². The van der Waals surface area contributed by atoms with Gasteiger partial charge >= 0.3 is 85.4 Å². The van der Waals surface area contributed by atoms with Gasteiger partial charge in [0.2, 0.25) is 0 Å². The van der Waals surface area contributed by atoms with Crippen LogP contribution >= 0.6 is 11.3 Å². The second-order valence-corrected chi connectivity index (χ2v) is 7.54. The minimum absolute atomic E-state index is 0.696. The molecule has 0 saturated carbocycles. The fourth-order valence-corrected chi connectivity index (χ4v) is 7.80. The third-order valence-corrected chi connectivity index (χ3v) is 8.16. The summed E-state index contributed by atoms with van der Waals surface area (Å²) in [5.74, 6) is 4.63. The van der Waals surface area contributed by atoms with Crippen molar-refractivity contribution < 1.29 is 0 Å². The van der Waals surface area contributed by atoms with Gasteiger partial charge in [0.15, 0.2) is 0 Å². The number of rotatable bonds is 2. The summed E-state index contributed by atoms with van der Waals surface area (Å²) in [4.78, 5) is 1.53. The summed E-state index contributed by atoms with van der Waals surface area (Å²) in [5, 5.41) is 0. The molecular formula is C8H12SSe2. The van der Waals surface area contributed by atoms with Crippen LogP contribution in [0.2, 0.25) is 11.6 Å². The van der Waals surface area contributed by atoms with Gasteiger partial charge in [0.1, 0.15) is 0 Å². The molecule has 0 unspecified atom stereocenters. The van der Waals surface area contributed by atoms with Crippen molar-refractivity contribution in [3.63, 3.8) is 0 Å². The first kappa shape index (κ1) is 9.82. The Bertz CT molecular complexity index is 253. The van der Waals surface area contributed by atoms with Crippen LogP contribution < -0.4 is 8.24 Å². The van der Waals surface area contributed by atoms with Gasteiger partial charge in [-0.05, 0) is 0 Å². The van der Waals surface area contributed by atoms with Crippen molar-refractivity contribution in [1.82, 2.24) is 0 Å². The molecule has 0 spiro atoms. The normalized spacial score (nSPS) is 10.5. The number of thiophene rings is 1. The standard InChI is InChI=1S/C8H12SSe2/c1-5-6(2)9-8(11-4)7(5)10-3/h1-4H3. The predicted octanol–water partition coefficient (Wildman–Crippen LogP) is 1.12. The van der Waals surface area contributed by atoms with Crippen molar-refractivity contribution in [3.05, 3.63) is 10.4 Å². The van der Waals surface area contributed by atoms with E-state index in [4.69, 9.17) is 0 Å². The Morgan fingerprint density at radius 3 is 2.09 bits per heavy atom. The average Bonchev–Trinajstić information content (AvgIpc) is 2.28. The molecule has 0 saturated heterocycles. The summed E-state index contributed by atoms with van der Waals surface area (Å²) < 4.78 is 3.36. The van der Waals surface area contributed by atoms with E-state index in [9.17, 15) is 0 Å². The molecule has 0 fully saturated rings. The molecule has 1 rings (SSSR count). The van der Waals surface area contributed by atoms with Crippen LogP contribution in [-0.4, -0.2) is 29.9 Å². The molecule has 0 aliphatic heterocycles. The van der Waals surface area contributed by atoms with Gasteiger partial charge in [0.25, 0.3) is 0 Å². The van der Waals surface area contributed by atoms with Crippen LogP contribution in [0.3, 0.4) is 0 Å². The molecule has 1 heterocycles. The summed E-state index contributed by atoms with van der Waals surface area (Å²) in [6, 6.07) is 0. The molecule has 0 aliphatic rings. The van der Waals surface area contributed by atoms with Crippen LogP contribution in [0.15, 0.2) is 0 Å². The van der Waals surface area contributed by atoms with Crippen LogP contribution in [0.4, 0.5) is 0 Å². The Balaban J connectivity index is 3.15. The summed E-state index contributed by atoms with van der Waals surface area (Å²) in [6.45, 7) is 4.51. The van der Waals surface area contributed by atoms with E-state index >= 15 is 0 Å². The van der Waals surface area contributed by atoms with Gasteiger partial charge in [-0.3, -0.25) is 0 Å². The first-order valence-corrected chi connectivity index (χ1v) is 9.34. The summed E-state index contributed by atoms with van der Waals surface area (Å²) in [7, 11) is 0. The second-order valence-electron chi connectivity index (χ2n) is 2.31.